The number of amides is 1. The monoisotopic (exact) mass is 416 g/mol. The number of tetrazole rings is 1. The van der Waals surface area contributed by atoms with Crippen LogP contribution in [0, 0.1) is 6.92 Å². The minimum Gasteiger partial charge on any atom is -0.394 e. The molecule has 0 unspecified atom stereocenters. The molecule has 31 heavy (non-hydrogen) atoms. The van der Waals surface area contributed by atoms with Crippen LogP contribution in [-0.4, -0.2) is 52.8 Å². The number of aliphatic hydroxyl groups is 1. The molecule has 156 valence electrons. The van der Waals surface area contributed by atoms with Crippen molar-refractivity contribution < 1.29 is 9.90 Å². The largest absolute Gasteiger partial charge is 0.394 e. The zero-order valence-electron chi connectivity index (χ0n) is 17.0. The highest BCUT2D eigenvalue weighted by molar-refractivity contribution is 6.03. The van der Waals surface area contributed by atoms with Crippen LogP contribution in [0.2, 0.25) is 0 Å². The molecule has 4 heterocycles. The van der Waals surface area contributed by atoms with E-state index in [1.165, 1.54) is 4.68 Å². The highest BCUT2D eigenvalue weighted by Gasteiger charge is 2.17. The van der Waals surface area contributed by atoms with Crippen molar-refractivity contribution in [1.29, 1.82) is 0 Å². The van der Waals surface area contributed by atoms with Crippen LogP contribution >= 0.6 is 0 Å². The molecule has 4 rings (SSSR count). The number of anilines is 1. The highest BCUT2D eigenvalue weighted by Crippen LogP contribution is 2.23. The Morgan fingerprint density at radius 3 is 2.87 bits per heavy atom. The molecule has 0 radical (unpaired) electrons. The third-order valence-corrected chi connectivity index (χ3v) is 4.70. The zero-order chi connectivity index (χ0) is 21.8. The summed E-state index contributed by atoms with van der Waals surface area (Å²) in [6.07, 6.45) is 5.10. The zero-order valence-corrected chi connectivity index (χ0v) is 17.0. The van der Waals surface area contributed by atoms with E-state index in [1.807, 2.05) is 19.1 Å². The topological polar surface area (TPSA) is 132 Å². The molecule has 0 aliphatic heterocycles. The number of aliphatic hydroxyl groups excluding tert-OH is 1. The second-order valence-electron chi connectivity index (χ2n) is 6.97. The van der Waals surface area contributed by atoms with Crippen molar-refractivity contribution in [3.8, 4) is 22.6 Å². The number of nitrogens with one attached hydrogen (secondary N) is 1. The minimum absolute atomic E-state index is 0.118. The molecular weight excluding hydrogens is 396 g/mol. The van der Waals surface area contributed by atoms with Crippen molar-refractivity contribution in [1.82, 2.24) is 35.2 Å². The molecule has 0 saturated heterocycles. The first-order valence-electron chi connectivity index (χ1n) is 9.61. The van der Waals surface area contributed by atoms with Crippen LogP contribution in [0.15, 0.2) is 55.0 Å². The average Bonchev–Trinajstić information content (AvgIpc) is 3.29. The van der Waals surface area contributed by atoms with E-state index in [-0.39, 0.29) is 18.3 Å². The van der Waals surface area contributed by atoms with Crippen LogP contribution in [0.5, 0.6) is 0 Å². The minimum atomic E-state index is -0.391. The van der Waals surface area contributed by atoms with Gasteiger partial charge in [-0.25, -0.2) is 9.67 Å². The number of hydrogen-bond donors (Lipinski definition) is 2. The lowest BCUT2D eigenvalue weighted by molar-refractivity contribution is 0.102. The van der Waals surface area contributed by atoms with Gasteiger partial charge in [-0.15, -0.1) is 5.10 Å². The van der Waals surface area contributed by atoms with Gasteiger partial charge in [0.05, 0.1) is 12.6 Å². The van der Waals surface area contributed by atoms with Crippen molar-refractivity contribution in [3.05, 3.63) is 66.2 Å². The maximum Gasteiger partial charge on any atom is 0.275 e. The third-order valence-electron chi connectivity index (χ3n) is 4.70. The van der Waals surface area contributed by atoms with Gasteiger partial charge in [0.2, 0.25) is 5.82 Å². The second-order valence-corrected chi connectivity index (χ2v) is 6.97. The summed E-state index contributed by atoms with van der Waals surface area (Å²) >= 11 is 0. The Kier molecular flexibility index (Phi) is 5.72. The smallest absolute Gasteiger partial charge is 0.275 e. The molecule has 10 heteroatoms. The maximum atomic E-state index is 12.8. The molecule has 0 aliphatic rings. The van der Waals surface area contributed by atoms with Gasteiger partial charge >= 0.3 is 0 Å². The summed E-state index contributed by atoms with van der Waals surface area (Å²) in [5, 5.41) is 23.7. The van der Waals surface area contributed by atoms with E-state index in [4.69, 9.17) is 0 Å². The van der Waals surface area contributed by atoms with E-state index < -0.39 is 5.91 Å². The Morgan fingerprint density at radius 2 is 2.10 bits per heavy atom. The molecule has 2 N–H and O–H groups in total. The van der Waals surface area contributed by atoms with Crippen molar-refractivity contribution >= 4 is 11.7 Å². The second kappa shape index (κ2) is 8.76. The molecule has 0 aliphatic carbocycles. The van der Waals surface area contributed by atoms with E-state index in [2.05, 4.69) is 35.8 Å². The first-order valence-corrected chi connectivity index (χ1v) is 9.61. The van der Waals surface area contributed by atoms with Gasteiger partial charge in [-0.2, -0.15) is 0 Å². The number of carbonyl (C=O) groups is 1. The first kappa shape index (κ1) is 20.2. The van der Waals surface area contributed by atoms with Crippen LogP contribution in [0.4, 0.5) is 5.82 Å². The first-order chi connectivity index (χ1) is 15.1. The quantitative estimate of drug-likeness (QED) is 0.489. The van der Waals surface area contributed by atoms with Gasteiger partial charge < -0.3 is 10.4 Å². The van der Waals surface area contributed by atoms with E-state index in [1.54, 1.807) is 49.8 Å². The molecule has 4 aromatic heterocycles. The van der Waals surface area contributed by atoms with Gasteiger partial charge in [0.25, 0.3) is 5.91 Å². The van der Waals surface area contributed by atoms with Crippen molar-refractivity contribution in [2.45, 2.75) is 19.9 Å². The van der Waals surface area contributed by atoms with Gasteiger partial charge in [0.15, 0.2) is 0 Å². The summed E-state index contributed by atoms with van der Waals surface area (Å²) in [6.45, 7) is 3.60. The Labute approximate surface area is 178 Å². The van der Waals surface area contributed by atoms with Crippen molar-refractivity contribution in [2.24, 2.45) is 0 Å². The Balaban J connectivity index is 1.59. The van der Waals surface area contributed by atoms with Crippen LogP contribution < -0.4 is 5.32 Å². The molecule has 1 atom stereocenters. The van der Waals surface area contributed by atoms with Gasteiger partial charge in [-0.05, 0) is 59.7 Å². The van der Waals surface area contributed by atoms with E-state index in [0.717, 1.165) is 16.7 Å². The molecule has 0 saturated carbocycles. The Hall–Kier alpha value is -4.05. The van der Waals surface area contributed by atoms with Gasteiger partial charge in [-0.1, -0.05) is 12.1 Å². The summed E-state index contributed by atoms with van der Waals surface area (Å²) in [6, 6.07) is 10.3. The third kappa shape index (κ3) is 4.28. The van der Waals surface area contributed by atoms with Crippen molar-refractivity contribution in [3.63, 3.8) is 0 Å². The summed E-state index contributed by atoms with van der Waals surface area (Å²) in [4.78, 5) is 25.7. The van der Waals surface area contributed by atoms with E-state index >= 15 is 0 Å². The SMILES string of the molecule is Cc1cnc(C(=O)Nc2cccc(-c3nnnn3[C@H](C)CO)n2)cc1-c1cccnc1. The molecule has 0 spiro atoms. The number of aromatic nitrogens is 7. The highest BCUT2D eigenvalue weighted by atomic mass is 16.3. The van der Waals surface area contributed by atoms with Crippen LogP contribution in [0.3, 0.4) is 0 Å². The molecule has 0 bridgehead atoms. The molecule has 1 amide bonds. The summed E-state index contributed by atoms with van der Waals surface area (Å²) < 4.78 is 1.48. The van der Waals surface area contributed by atoms with Gasteiger partial charge in [0, 0.05) is 24.2 Å². The van der Waals surface area contributed by atoms with E-state index in [0.29, 0.717) is 17.3 Å². The van der Waals surface area contributed by atoms with Crippen LogP contribution in [0.25, 0.3) is 22.6 Å². The normalized spacial score (nSPS) is 11.8. The maximum absolute atomic E-state index is 12.8. The molecule has 10 nitrogen and oxygen atoms in total. The fourth-order valence-corrected chi connectivity index (χ4v) is 3.03. The lowest BCUT2D eigenvalue weighted by Crippen LogP contribution is -2.16. The molecule has 0 aromatic carbocycles. The number of aryl methyl sites for hydroxylation is 1. The summed E-state index contributed by atoms with van der Waals surface area (Å²) in [5.41, 5.74) is 3.45. The lowest BCUT2D eigenvalue weighted by atomic mass is 10.0. The summed E-state index contributed by atoms with van der Waals surface area (Å²) in [7, 11) is 0. The molecule has 4 aromatic rings. The predicted molar refractivity (Wildman–Crippen MR) is 113 cm³/mol. The number of hydrogen-bond acceptors (Lipinski definition) is 8. The van der Waals surface area contributed by atoms with Gasteiger partial charge in [-0.3, -0.25) is 14.8 Å². The Morgan fingerprint density at radius 1 is 1.23 bits per heavy atom. The molecule has 0 fully saturated rings. The van der Waals surface area contributed by atoms with Crippen LogP contribution in [0.1, 0.15) is 29.0 Å². The average molecular weight is 416 g/mol. The Bertz CT molecular complexity index is 1210. The fraction of sp³-hybridized carbons (Fsp3) is 0.190. The summed E-state index contributed by atoms with van der Waals surface area (Å²) in [5.74, 6) is 0.335. The number of rotatable bonds is 6. The predicted octanol–water partition coefficient (Wildman–Crippen LogP) is 2.31. The lowest BCUT2D eigenvalue weighted by Gasteiger charge is -2.11. The van der Waals surface area contributed by atoms with Crippen molar-refractivity contribution in [2.75, 3.05) is 11.9 Å². The van der Waals surface area contributed by atoms with Crippen LogP contribution in [-0.2, 0) is 0 Å². The standard InChI is InChI=1S/C21H20N8O2/c1-13-10-23-18(9-16(13)15-5-4-8-22-11-15)21(31)25-19-7-3-6-17(24-19)20-26-27-28-29(20)14(2)12-30/h3-11,14,30H,12H2,1-2H3,(H,24,25,31)/t14-/m1/s1. The number of carbonyl (C=O) groups excluding carboxylic acids is 1. The fourth-order valence-electron chi connectivity index (χ4n) is 3.03. The number of pyridine rings is 3. The number of nitrogens with zero attached hydrogens (tertiary/aromatic N) is 7. The molecular formula is C21H20N8O2. The van der Waals surface area contributed by atoms with E-state index in [9.17, 15) is 9.90 Å². The van der Waals surface area contributed by atoms with Gasteiger partial charge in [0.1, 0.15) is 17.2 Å².